The molecule has 0 amide bonds. The number of rotatable bonds is 5. The van der Waals surface area contributed by atoms with Crippen molar-refractivity contribution in [1.82, 2.24) is 9.97 Å². The summed E-state index contributed by atoms with van der Waals surface area (Å²) in [6, 6.07) is 12.3. The molecule has 4 rings (SSSR count). The van der Waals surface area contributed by atoms with Crippen molar-refractivity contribution in [2.75, 3.05) is 0 Å². The van der Waals surface area contributed by atoms with Crippen molar-refractivity contribution in [2.45, 2.75) is 65.6 Å². The lowest BCUT2D eigenvalue weighted by molar-refractivity contribution is 0.00578. The summed E-state index contributed by atoms with van der Waals surface area (Å²) in [5.74, 6) is 0.746. The molecule has 1 aliphatic heterocycles. The standard InChI is InChI=1S/C24H28BClN2O2S/c1-7-18-15(2)27-22(20-12-13-21(26)31-20)28-19(18)14-16-8-10-17(11-9-16)25-29-23(3,4)24(5,6)30-25/h8-13H,7,14H2,1-6H3. The van der Waals surface area contributed by atoms with Gasteiger partial charge in [0.15, 0.2) is 5.82 Å². The van der Waals surface area contributed by atoms with Gasteiger partial charge in [-0.3, -0.25) is 0 Å². The van der Waals surface area contributed by atoms with Gasteiger partial charge in [-0.05, 0) is 69.8 Å². The number of aryl methyl sites for hydroxylation is 1. The molecule has 0 aliphatic carbocycles. The van der Waals surface area contributed by atoms with Crippen molar-refractivity contribution in [3.63, 3.8) is 0 Å². The van der Waals surface area contributed by atoms with Gasteiger partial charge >= 0.3 is 7.12 Å². The fourth-order valence-corrected chi connectivity index (χ4v) is 4.75. The SMILES string of the molecule is CCc1c(C)nc(-c2ccc(Cl)s2)nc1Cc1ccc(B2OC(C)(C)C(C)(C)O2)cc1. The first-order valence-electron chi connectivity index (χ1n) is 10.7. The molecule has 162 valence electrons. The molecule has 31 heavy (non-hydrogen) atoms. The number of hydrogen-bond donors (Lipinski definition) is 0. The third kappa shape index (κ3) is 4.44. The third-order valence-electron chi connectivity index (χ3n) is 6.32. The van der Waals surface area contributed by atoms with Gasteiger partial charge in [0.1, 0.15) is 0 Å². The maximum absolute atomic E-state index is 6.17. The van der Waals surface area contributed by atoms with E-state index in [2.05, 4.69) is 65.8 Å². The van der Waals surface area contributed by atoms with E-state index in [-0.39, 0.29) is 18.3 Å². The van der Waals surface area contributed by atoms with Crippen LogP contribution in [0.4, 0.5) is 0 Å². The molecule has 0 radical (unpaired) electrons. The Labute approximate surface area is 194 Å². The Morgan fingerprint density at radius 1 is 0.968 bits per heavy atom. The molecule has 3 aromatic rings. The van der Waals surface area contributed by atoms with Crippen molar-refractivity contribution in [3.05, 3.63) is 63.2 Å². The van der Waals surface area contributed by atoms with Crippen LogP contribution in [0, 0.1) is 6.92 Å². The molecule has 3 heterocycles. The highest BCUT2D eigenvalue weighted by Gasteiger charge is 2.51. The summed E-state index contributed by atoms with van der Waals surface area (Å²) >= 11 is 7.63. The quantitative estimate of drug-likeness (QED) is 0.469. The van der Waals surface area contributed by atoms with E-state index in [4.69, 9.17) is 30.9 Å². The number of thiophene rings is 1. The smallest absolute Gasteiger partial charge is 0.399 e. The largest absolute Gasteiger partial charge is 0.494 e. The second-order valence-corrected chi connectivity index (χ2v) is 10.7. The van der Waals surface area contributed by atoms with Crippen LogP contribution in [-0.2, 0) is 22.2 Å². The number of nitrogens with zero attached hydrogens (tertiary/aromatic N) is 2. The van der Waals surface area contributed by atoms with Crippen molar-refractivity contribution in [2.24, 2.45) is 0 Å². The van der Waals surface area contributed by atoms with E-state index in [1.54, 1.807) is 0 Å². The predicted molar refractivity (Wildman–Crippen MR) is 129 cm³/mol. The number of hydrogen-bond acceptors (Lipinski definition) is 5. The molecule has 4 nitrogen and oxygen atoms in total. The first kappa shape index (κ1) is 22.5. The molecule has 7 heteroatoms. The fourth-order valence-electron chi connectivity index (χ4n) is 3.77. The fraction of sp³-hybridized carbons (Fsp3) is 0.417. The second-order valence-electron chi connectivity index (χ2n) is 9.02. The maximum atomic E-state index is 6.17. The summed E-state index contributed by atoms with van der Waals surface area (Å²) in [5.41, 5.74) is 4.85. The second kappa shape index (κ2) is 8.32. The van der Waals surface area contributed by atoms with Crippen LogP contribution in [0.25, 0.3) is 10.7 Å². The Morgan fingerprint density at radius 3 is 2.16 bits per heavy atom. The molecule has 0 atom stereocenters. The molecule has 1 aliphatic rings. The van der Waals surface area contributed by atoms with E-state index in [1.807, 2.05) is 12.1 Å². The molecule has 0 spiro atoms. The lowest BCUT2D eigenvalue weighted by atomic mass is 9.78. The predicted octanol–water partition coefficient (Wildman–Crippen LogP) is 5.62. The van der Waals surface area contributed by atoms with E-state index >= 15 is 0 Å². The van der Waals surface area contributed by atoms with Crippen molar-refractivity contribution in [1.29, 1.82) is 0 Å². The van der Waals surface area contributed by atoms with E-state index in [0.29, 0.717) is 0 Å². The lowest BCUT2D eigenvalue weighted by Gasteiger charge is -2.32. The average Bonchev–Trinajstić information content (AvgIpc) is 3.22. The molecule has 0 unspecified atom stereocenters. The Hall–Kier alpha value is -1.73. The van der Waals surface area contributed by atoms with Crippen LogP contribution in [0.1, 0.15) is 57.1 Å². The van der Waals surface area contributed by atoms with Crippen LogP contribution < -0.4 is 5.46 Å². The van der Waals surface area contributed by atoms with Crippen molar-refractivity contribution in [3.8, 4) is 10.7 Å². The summed E-state index contributed by atoms with van der Waals surface area (Å²) in [6.07, 6.45) is 1.65. The summed E-state index contributed by atoms with van der Waals surface area (Å²) in [7, 11) is -0.346. The van der Waals surface area contributed by atoms with Gasteiger partial charge in [-0.1, -0.05) is 42.8 Å². The molecule has 1 fully saturated rings. The zero-order valence-electron chi connectivity index (χ0n) is 19.0. The highest BCUT2D eigenvalue weighted by atomic mass is 35.5. The summed E-state index contributed by atoms with van der Waals surface area (Å²) in [4.78, 5) is 10.6. The highest BCUT2D eigenvalue weighted by Crippen LogP contribution is 2.36. The number of halogens is 1. The van der Waals surface area contributed by atoms with Crippen LogP contribution in [0.2, 0.25) is 4.34 Å². The van der Waals surface area contributed by atoms with Crippen LogP contribution >= 0.6 is 22.9 Å². The first-order valence-corrected chi connectivity index (χ1v) is 11.9. The van der Waals surface area contributed by atoms with Gasteiger partial charge in [-0.25, -0.2) is 9.97 Å². The minimum absolute atomic E-state index is 0.341. The molecular weight excluding hydrogens is 427 g/mol. The summed E-state index contributed by atoms with van der Waals surface area (Å²) < 4.78 is 13.1. The van der Waals surface area contributed by atoms with Gasteiger partial charge in [0, 0.05) is 12.1 Å². The topological polar surface area (TPSA) is 44.2 Å². The minimum Gasteiger partial charge on any atom is -0.399 e. The van der Waals surface area contributed by atoms with E-state index in [1.165, 1.54) is 22.5 Å². The molecule has 1 aromatic carbocycles. The van der Waals surface area contributed by atoms with Crippen LogP contribution in [0.3, 0.4) is 0 Å². The third-order valence-corrected chi connectivity index (χ3v) is 7.55. The van der Waals surface area contributed by atoms with E-state index in [0.717, 1.165) is 44.7 Å². The lowest BCUT2D eigenvalue weighted by Crippen LogP contribution is -2.41. The molecule has 1 saturated heterocycles. The Balaban J connectivity index is 1.59. The van der Waals surface area contributed by atoms with Crippen LogP contribution in [-0.4, -0.2) is 28.3 Å². The van der Waals surface area contributed by atoms with Gasteiger partial charge < -0.3 is 9.31 Å². The van der Waals surface area contributed by atoms with E-state index in [9.17, 15) is 0 Å². The van der Waals surface area contributed by atoms with Gasteiger partial charge in [0.2, 0.25) is 0 Å². The number of benzene rings is 1. The summed E-state index contributed by atoms with van der Waals surface area (Å²) in [5, 5.41) is 0. The van der Waals surface area contributed by atoms with Gasteiger partial charge in [0.25, 0.3) is 0 Å². The molecule has 2 aromatic heterocycles. The van der Waals surface area contributed by atoms with Gasteiger partial charge in [-0.2, -0.15) is 0 Å². The highest BCUT2D eigenvalue weighted by molar-refractivity contribution is 7.19. The van der Waals surface area contributed by atoms with Crippen LogP contribution in [0.15, 0.2) is 36.4 Å². The molecule has 0 bridgehead atoms. The molecular formula is C24H28BClN2O2S. The average molecular weight is 455 g/mol. The van der Waals surface area contributed by atoms with Crippen LogP contribution in [0.5, 0.6) is 0 Å². The Bertz CT molecular complexity index is 1080. The van der Waals surface area contributed by atoms with Crippen molar-refractivity contribution >= 4 is 35.5 Å². The monoisotopic (exact) mass is 454 g/mol. The summed E-state index contributed by atoms with van der Waals surface area (Å²) in [6.45, 7) is 12.5. The minimum atomic E-state index is -0.346. The maximum Gasteiger partial charge on any atom is 0.494 e. The Kier molecular flexibility index (Phi) is 6.03. The van der Waals surface area contributed by atoms with Gasteiger partial charge in [0.05, 0.1) is 26.1 Å². The zero-order valence-corrected chi connectivity index (χ0v) is 20.5. The molecule has 0 saturated carbocycles. The Morgan fingerprint density at radius 2 is 1.61 bits per heavy atom. The zero-order chi connectivity index (χ0) is 22.4. The van der Waals surface area contributed by atoms with Gasteiger partial charge in [-0.15, -0.1) is 11.3 Å². The first-order chi connectivity index (χ1) is 14.6. The van der Waals surface area contributed by atoms with Crippen molar-refractivity contribution < 1.29 is 9.31 Å². The number of aromatic nitrogens is 2. The van der Waals surface area contributed by atoms with E-state index < -0.39 is 0 Å². The molecule has 0 N–H and O–H groups in total. The normalized spacial score (nSPS) is 17.3.